The lowest BCUT2D eigenvalue weighted by Gasteiger charge is -2.40. The number of carbonyl (C=O) groups excluding carboxylic acids is 1. The Morgan fingerprint density at radius 1 is 1.23 bits per heavy atom. The number of hydrogen-bond acceptors (Lipinski definition) is 11. The van der Waals surface area contributed by atoms with E-state index in [2.05, 4.69) is 24.6 Å². The number of likely N-dealkylation sites (N-methyl/N-ethyl adjacent to an activating group) is 1. The van der Waals surface area contributed by atoms with E-state index in [4.69, 9.17) is 35.6 Å². The fourth-order valence-corrected chi connectivity index (χ4v) is 9.42. The number of likely N-dealkylation sites (tertiary alicyclic amines) is 1. The number of nitrogen functional groups attached to an aromatic ring is 1. The molecule has 5 heterocycles. The van der Waals surface area contributed by atoms with Crippen molar-refractivity contribution in [1.82, 2.24) is 14.9 Å². The first-order valence-corrected chi connectivity index (χ1v) is 16.6. The van der Waals surface area contributed by atoms with Crippen molar-refractivity contribution in [3.05, 3.63) is 51.3 Å². The number of nitriles is 1. The van der Waals surface area contributed by atoms with Gasteiger partial charge in [-0.3, -0.25) is 9.69 Å². The van der Waals surface area contributed by atoms with Crippen molar-refractivity contribution < 1.29 is 19.0 Å². The second-order valence-corrected chi connectivity index (χ2v) is 14.2. The van der Waals surface area contributed by atoms with E-state index in [9.17, 15) is 10.1 Å². The second kappa shape index (κ2) is 11.2. The van der Waals surface area contributed by atoms with Gasteiger partial charge in [0.1, 0.15) is 17.2 Å². The quantitative estimate of drug-likeness (QED) is 0.374. The summed E-state index contributed by atoms with van der Waals surface area (Å²) in [6, 6.07) is 2.48. The van der Waals surface area contributed by atoms with Crippen LogP contribution in [0, 0.1) is 11.3 Å². The SMILES string of the molecule is C=C[C@H](Oc1nc(/C(N)=C2\CCC[C@@]3(CCCc4sc(N)c(C#N)c43)C2=O)nc2c1COC[C@]21CCOC1)[C@@H]1CCCN1C. The summed E-state index contributed by atoms with van der Waals surface area (Å²) >= 11 is 1.44. The summed E-state index contributed by atoms with van der Waals surface area (Å²) < 4.78 is 18.6. The first-order valence-electron chi connectivity index (χ1n) is 15.7. The largest absolute Gasteiger partial charge is 0.468 e. The molecule has 44 heavy (non-hydrogen) atoms. The van der Waals surface area contributed by atoms with Gasteiger partial charge in [0.25, 0.3) is 0 Å². The van der Waals surface area contributed by atoms with Crippen LogP contribution >= 0.6 is 11.3 Å². The number of nitrogens with zero attached hydrogens (tertiary/aromatic N) is 4. The summed E-state index contributed by atoms with van der Waals surface area (Å²) in [7, 11) is 2.11. The number of ether oxygens (including phenoxy) is 3. The molecular formula is C33H40N6O4S. The number of Topliss-reactive ketones (excluding diaryl/α,β-unsaturated/α-hetero) is 1. The first kappa shape index (κ1) is 29.4. The molecule has 10 nitrogen and oxygen atoms in total. The molecule has 2 saturated heterocycles. The number of fused-ring (bicyclic) bond motifs is 4. The molecule has 7 rings (SSSR count). The van der Waals surface area contributed by atoms with Crippen molar-refractivity contribution in [2.75, 3.05) is 39.1 Å². The highest BCUT2D eigenvalue weighted by molar-refractivity contribution is 7.16. The highest BCUT2D eigenvalue weighted by Crippen LogP contribution is 2.52. The lowest BCUT2D eigenvalue weighted by atomic mass is 9.61. The predicted octanol–water partition coefficient (Wildman–Crippen LogP) is 3.90. The van der Waals surface area contributed by atoms with Crippen molar-refractivity contribution in [3.63, 3.8) is 0 Å². The number of aromatic nitrogens is 2. The average molecular weight is 617 g/mol. The summed E-state index contributed by atoms with van der Waals surface area (Å²) in [4.78, 5) is 27.9. The van der Waals surface area contributed by atoms with Gasteiger partial charge < -0.3 is 25.7 Å². The minimum Gasteiger partial charge on any atom is -0.468 e. The zero-order chi connectivity index (χ0) is 30.6. The third-order valence-corrected chi connectivity index (χ3v) is 11.6. The molecule has 2 aliphatic carbocycles. The Bertz CT molecular complexity index is 1590. The van der Waals surface area contributed by atoms with Crippen LogP contribution in [-0.4, -0.2) is 66.2 Å². The molecule has 1 saturated carbocycles. The maximum Gasteiger partial charge on any atom is 0.223 e. The average Bonchev–Trinajstić information content (AvgIpc) is 3.76. The highest BCUT2D eigenvalue weighted by Gasteiger charge is 2.50. The number of carbonyl (C=O) groups is 1. The maximum atomic E-state index is 14.6. The zero-order valence-corrected chi connectivity index (χ0v) is 26.1. The van der Waals surface area contributed by atoms with Gasteiger partial charge in [-0.1, -0.05) is 6.58 Å². The van der Waals surface area contributed by atoms with Crippen molar-refractivity contribution in [2.24, 2.45) is 5.73 Å². The Balaban J connectivity index is 1.35. The van der Waals surface area contributed by atoms with Crippen molar-refractivity contribution in [2.45, 2.75) is 87.4 Å². The van der Waals surface area contributed by atoms with Gasteiger partial charge in [-0.05, 0) is 83.0 Å². The van der Waals surface area contributed by atoms with Crippen LogP contribution in [0.1, 0.15) is 84.5 Å². The number of allylic oxidation sites excluding steroid dienone is 1. The van der Waals surface area contributed by atoms with Gasteiger partial charge in [0.05, 0.1) is 59.2 Å². The van der Waals surface area contributed by atoms with Crippen molar-refractivity contribution in [3.8, 4) is 11.9 Å². The number of thiophene rings is 1. The molecule has 0 aromatic carbocycles. The van der Waals surface area contributed by atoms with Crippen LogP contribution in [0.25, 0.3) is 5.70 Å². The molecule has 11 heteroatoms. The monoisotopic (exact) mass is 616 g/mol. The van der Waals surface area contributed by atoms with Gasteiger partial charge in [0.15, 0.2) is 11.6 Å². The van der Waals surface area contributed by atoms with E-state index in [0.29, 0.717) is 73.5 Å². The van der Waals surface area contributed by atoms with E-state index in [1.54, 1.807) is 0 Å². The molecule has 0 amide bonds. The fourth-order valence-electron chi connectivity index (χ4n) is 8.26. The molecule has 0 bridgehead atoms. The molecule has 0 unspecified atom stereocenters. The molecule has 2 aromatic rings. The Hall–Kier alpha value is -3.30. The van der Waals surface area contributed by atoms with Gasteiger partial charge in [-0.15, -0.1) is 11.3 Å². The number of hydrogen-bond donors (Lipinski definition) is 2. The minimum absolute atomic E-state index is 0.0286. The van der Waals surface area contributed by atoms with E-state index in [1.165, 1.54) is 11.3 Å². The zero-order valence-electron chi connectivity index (χ0n) is 25.3. The van der Waals surface area contributed by atoms with E-state index in [0.717, 1.165) is 66.8 Å². The lowest BCUT2D eigenvalue weighted by Crippen LogP contribution is -2.43. The number of ketones is 1. The standard InChI is InChI=1S/C33H40N6O4S/c1-3-23(22-8-6-13-39(22)2)43-31-21-16-42-18-32(12-14-41-17-32)27(21)37-30(38-31)26(35)19-7-4-10-33(28(19)40)11-5-9-24-25(33)20(15-34)29(36)44-24/h3,22-23H,1,4-14,16-18,35-36H2,2H3/b26-19-/t22-,23-,32+,33-/m0/s1. The van der Waals surface area contributed by atoms with Crippen LogP contribution in [0.3, 0.4) is 0 Å². The number of anilines is 1. The molecule has 5 aliphatic rings. The normalized spacial score (nSPS) is 30.2. The fraction of sp³-hybridized carbons (Fsp3) is 0.576. The third-order valence-electron chi connectivity index (χ3n) is 10.5. The van der Waals surface area contributed by atoms with Gasteiger partial charge in [-0.25, -0.2) is 4.98 Å². The molecule has 2 aromatic heterocycles. The predicted molar refractivity (Wildman–Crippen MR) is 167 cm³/mol. The summed E-state index contributed by atoms with van der Waals surface area (Å²) in [6.07, 6.45) is 8.77. The molecular weight excluding hydrogens is 576 g/mol. The Morgan fingerprint density at radius 3 is 2.73 bits per heavy atom. The molecule has 0 radical (unpaired) electrons. The van der Waals surface area contributed by atoms with Crippen LogP contribution in [-0.2, 0) is 38.1 Å². The molecule has 232 valence electrons. The molecule has 4 atom stereocenters. The maximum absolute atomic E-state index is 14.6. The Morgan fingerprint density at radius 2 is 2.02 bits per heavy atom. The van der Waals surface area contributed by atoms with Crippen molar-refractivity contribution >= 4 is 27.8 Å². The number of rotatable bonds is 5. The van der Waals surface area contributed by atoms with E-state index >= 15 is 0 Å². The van der Waals surface area contributed by atoms with E-state index < -0.39 is 10.8 Å². The Kier molecular flexibility index (Phi) is 7.52. The molecule has 2 spiro atoms. The van der Waals surface area contributed by atoms with Crippen LogP contribution < -0.4 is 16.2 Å². The summed E-state index contributed by atoms with van der Waals surface area (Å²) in [5.74, 6) is 0.704. The summed E-state index contributed by atoms with van der Waals surface area (Å²) in [5, 5.41) is 10.5. The topological polar surface area (TPSA) is 150 Å². The van der Waals surface area contributed by atoms with E-state index in [1.807, 2.05) is 6.08 Å². The Labute approximate surface area is 262 Å². The first-order chi connectivity index (χ1) is 21.3. The van der Waals surface area contributed by atoms with Crippen LogP contribution in [0.5, 0.6) is 5.88 Å². The number of nitrogens with two attached hydrogens (primary N) is 2. The van der Waals surface area contributed by atoms with Gasteiger partial charge in [0, 0.05) is 17.1 Å². The van der Waals surface area contributed by atoms with Gasteiger partial charge in [-0.2, -0.15) is 10.2 Å². The van der Waals surface area contributed by atoms with Crippen LogP contribution in [0.15, 0.2) is 18.2 Å². The third kappa shape index (κ3) is 4.49. The smallest absolute Gasteiger partial charge is 0.223 e. The highest BCUT2D eigenvalue weighted by atomic mass is 32.1. The molecule has 4 N–H and O–H groups in total. The number of aryl methyl sites for hydroxylation is 1. The second-order valence-electron chi connectivity index (χ2n) is 13.0. The van der Waals surface area contributed by atoms with Gasteiger partial charge in [0.2, 0.25) is 5.88 Å². The molecule has 3 aliphatic heterocycles. The van der Waals surface area contributed by atoms with E-state index in [-0.39, 0.29) is 23.6 Å². The minimum atomic E-state index is -0.798. The molecule has 3 fully saturated rings. The van der Waals surface area contributed by atoms with Crippen LogP contribution in [0.2, 0.25) is 0 Å². The summed E-state index contributed by atoms with van der Waals surface area (Å²) in [6.45, 7) is 7.01. The lowest BCUT2D eigenvalue weighted by molar-refractivity contribution is -0.122. The van der Waals surface area contributed by atoms with Crippen LogP contribution in [0.4, 0.5) is 5.00 Å². The summed E-state index contributed by atoms with van der Waals surface area (Å²) in [5.41, 5.74) is 15.7. The van der Waals surface area contributed by atoms with Gasteiger partial charge >= 0.3 is 0 Å². The van der Waals surface area contributed by atoms with Crippen molar-refractivity contribution in [1.29, 1.82) is 5.26 Å².